The number of nitrogens with two attached hydrogens (primary N) is 1. The molecule has 0 radical (unpaired) electrons. The summed E-state index contributed by atoms with van der Waals surface area (Å²) in [6, 6.07) is 7.72. The Morgan fingerprint density at radius 3 is 2.59 bits per heavy atom. The summed E-state index contributed by atoms with van der Waals surface area (Å²) in [7, 11) is 0. The van der Waals surface area contributed by atoms with Crippen LogP contribution >= 0.6 is 11.3 Å². The lowest BCUT2D eigenvalue weighted by Crippen LogP contribution is -2.04. The van der Waals surface area contributed by atoms with E-state index in [0.29, 0.717) is 11.6 Å². The number of rotatable bonds is 4. The molecule has 0 atom stereocenters. The lowest BCUT2D eigenvalue weighted by atomic mass is 10.0. The fourth-order valence-corrected chi connectivity index (χ4v) is 2.16. The molecule has 1 heterocycles. The fourth-order valence-electron chi connectivity index (χ4n) is 1.60. The SMILES string of the molecule is CCc1ccc(C(=O)Cc2csc(N)n2)cc1. The number of Topliss-reactive ketones (excluding diaryl/α,β-unsaturated/α-hetero) is 1. The second kappa shape index (κ2) is 5.10. The molecule has 0 fully saturated rings. The van der Waals surface area contributed by atoms with Gasteiger partial charge in [0, 0.05) is 10.9 Å². The van der Waals surface area contributed by atoms with Gasteiger partial charge in [0.25, 0.3) is 0 Å². The molecule has 4 heteroatoms. The molecule has 2 N–H and O–H groups in total. The Bertz CT molecular complexity index is 516. The molecule has 1 aromatic heterocycles. The Morgan fingerprint density at radius 1 is 1.35 bits per heavy atom. The van der Waals surface area contributed by atoms with Gasteiger partial charge in [-0.3, -0.25) is 4.79 Å². The van der Waals surface area contributed by atoms with Crippen LogP contribution in [0.1, 0.15) is 28.5 Å². The second-order valence-corrected chi connectivity index (χ2v) is 4.72. The molecule has 0 bridgehead atoms. The van der Waals surface area contributed by atoms with Gasteiger partial charge in [0.15, 0.2) is 10.9 Å². The number of nitrogens with zero attached hydrogens (tertiary/aromatic N) is 1. The van der Waals surface area contributed by atoms with Crippen molar-refractivity contribution in [3.63, 3.8) is 0 Å². The molecule has 0 spiro atoms. The lowest BCUT2D eigenvalue weighted by Gasteiger charge is -2.00. The Morgan fingerprint density at radius 2 is 2.06 bits per heavy atom. The van der Waals surface area contributed by atoms with Gasteiger partial charge in [-0.05, 0) is 12.0 Å². The molecule has 1 aromatic carbocycles. The molecular formula is C13H14N2OS. The first kappa shape index (κ1) is 11.8. The smallest absolute Gasteiger partial charge is 0.180 e. The van der Waals surface area contributed by atoms with E-state index >= 15 is 0 Å². The minimum absolute atomic E-state index is 0.0814. The first-order chi connectivity index (χ1) is 8.19. The van der Waals surface area contributed by atoms with E-state index in [1.807, 2.05) is 29.6 Å². The highest BCUT2D eigenvalue weighted by Gasteiger charge is 2.09. The van der Waals surface area contributed by atoms with Gasteiger partial charge in [0.1, 0.15) is 0 Å². The van der Waals surface area contributed by atoms with Crippen molar-refractivity contribution >= 4 is 22.3 Å². The first-order valence-electron chi connectivity index (χ1n) is 5.51. The van der Waals surface area contributed by atoms with Crippen LogP contribution in [-0.2, 0) is 12.8 Å². The van der Waals surface area contributed by atoms with Crippen molar-refractivity contribution in [3.8, 4) is 0 Å². The third-order valence-electron chi connectivity index (χ3n) is 2.60. The number of anilines is 1. The summed E-state index contributed by atoms with van der Waals surface area (Å²) in [5.41, 5.74) is 8.24. The lowest BCUT2D eigenvalue weighted by molar-refractivity contribution is 0.0992. The number of carbonyl (C=O) groups is 1. The molecule has 17 heavy (non-hydrogen) atoms. The first-order valence-corrected chi connectivity index (χ1v) is 6.39. The van der Waals surface area contributed by atoms with Gasteiger partial charge in [-0.15, -0.1) is 11.3 Å². The summed E-state index contributed by atoms with van der Waals surface area (Å²) < 4.78 is 0. The second-order valence-electron chi connectivity index (χ2n) is 3.83. The van der Waals surface area contributed by atoms with Gasteiger partial charge in [-0.25, -0.2) is 4.98 Å². The number of benzene rings is 1. The number of hydrogen-bond acceptors (Lipinski definition) is 4. The number of aromatic nitrogens is 1. The van der Waals surface area contributed by atoms with Crippen LogP contribution in [0.3, 0.4) is 0 Å². The molecule has 0 aliphatic carbocycles. The van der Waals surface area contributed by atoms with E-state index in [-0.39, 0.29) is 5.78 Å². The van der Waals surface area contributed by atoms with Gasteiger partial charge in [0.05, 0.1) is 12.1 Å². The van der Waals surface area contributed by atoms with Crippen LogP contribution in [0.15, 0.2) is 29.6 Å². The summed E-state index contributed by atoms with van der Waals surface area (Å²) in [6.07, 6.45) is 1.30. The van der Waals surface area contributed by atoms with Crippen molar-refractivity contribution in [2.45, 2.75) is 19.8 Å². The van der Waals surface area contributed by atoms with E-state index in [9.17, 15) is 4.79 Å². The summed E-state index contributed by atoms with van der Waals surface area (Å²) >= 11 is 1.36. The molecule has 0 saturated carbocycles. The predicted octanol–water partition coefficient (Wildman–Crippen LogP) is 2.71. The van der Waals surface area contributed by atoms with Crippen molar-refractivity contribution in [2.24, 2.45) is 0 Å². The van der Waals surface area contributed by atoms with Crippen LogP contribution in [0.25, 0.3) is 0 Å². The minimum atomic E-state index is 0.0814. The fraction of sp³-hybridized carbons (Fsp3) is 0.231. The third-order valence-corrected chi connectivity index (χ3v) is 3.32. The molecule has 0 aliphatic heterocycles. The average Bonchev–Trinajstić information content (AvgIpc) is 2.75. The van der Waals surface area contributed by atoms with Crippen LogP contribution < -0.4 is 5.73 Å². The van der Waals surface area contributed by atoms with E-state index in [1.165, 1.54) is 16.9 Å². The maximum atomic E-state index is 11.9. The standard InChI is InChI=1S/C13H14N2OS/c1-2-9-3-5-10(6-4-9)12(16)7-11-8-17-13(14)15-11/h3-6,8H,2,7H2,1H3,(H2,14,15). The molecule has 88 valence electrons. The van der Waals surface area contributed by atoms with E-state index in [2.05, 4.69) is 11.9 Å². The van der Waals surface area contributed by atoms with Gasteiger partial charge >= 0.3 is 0 Å². The molecular weight excluding hydrogens is 232 g/mol. The highest BCUT2D eigenvalue weighted by Crippen LogP contribution is 2.14. The zero-order valence-electron chi connectivity index (χ0n) is 9.64. The Balaban J connectivity index is 2.09. The van der Waals surface area contributed by atoms with Crippen molar-refractivity contribution < 1.29 is 4.79 Å². The van der Waals surface area contributed by atoms with Crippen molar-refractivity contribution in [1.29, 1.82) is 0 Å². The maximum absolute atomic E-state index is 11.9. The molecule has 2 aromatic rings. The molecule has 2 rings (SSSR count). The van der Waals surface area contributed by atoms with Crippen LogP contribution in [0.4, 0.5) is 5.13 Å². The Labute approximate surface area is 104 Å². The summed E-state index contributed by atoms with van der Waals surface area (Å²) in [4.78, 5) is 16.0. The zero-order valence-corrected chi connectivity index (χ0v) is 10.5. The summed E-state index contributed by atoms with van der Waals surface area (Å²) in [5, 5.41) is 2.34. The molecule has 0 unspecified atom stereocenters. The van der Waals surface area contributed by atoms with Crippen LogP contribution in [0.2, 0.25) is 0 Å². The van der Waals surface area contributed by atoms with Gasteiger partial charge in [-0.2, -0.15) is 0 Å². The van der Waals surface area contributed by atoms with Crippen LogP contribution in [-0.4, -0.2) is 10.8 Å². The quantitative estimate of drug-likeness (QED) is 0.844. The monoisotopic (exact) mass is 246 g/mol. The normalized spacial score (nSPS) is 10.4. The summed E-state index contributed by atoms with van der Waals surface area (Å²) in [5.74, 6) is 0.0814. The molecule has 3 nitrogen and oxygen atoms in total. The Kier molecular flexibility index (Phi) is 3.54. The highest BCUT2D eigenvalue weighted by molar-refractivity contribution is 7.13. The van der Waals surface area contributed by atoms with Crippen molar-refractivity contribution in [1.82, 2.24) is 4.98 Å². The van der Waals surface area contributed by atoms with E-state index in [0.717, 1.165) is 17.7 Å². The topological polar surface area (TPSA) is 56.0 Å². The van der Waals surface area contributed by atoms with E-state index < -0.39 is 0 Å². The van der Waals surface area contributed by atoms with E-state index in [4.69, 9.17) is 5.73 Å². The number of thiazole rings is 1. The van der Waals surface area contributed by atoms with Gasteiger partial charge in [0.2, 0.25) is 0 Å². The van der Waals surface area contributed by atoms with Crippen molar-refractivity contribution in [2.75, 3.05) is 5.73 Å². The summed E-state index contributed by atoms with van der Waals surface area (Å²) in [6.45, 7) is 2.09. The van der Waals surface area contributed by atoms with Gasteiger partial charge < -0.3 is 5.73 Å². The number of hydrogen-bond donors (Lipinski definition) is 1. The van der Waals surface area contributed by atoms with Crippen LogP contribution in [0.5, 0.6) is 0 Å². The Hall–Kier alpha value is -1.68. The number of aryl methyl sites for hydroxylation is 1. The number of carbonyl (C=O) groups excluding carboxylic acids is 1. The largest absolute Gasteiger partial charge is 0.375 e. The van der Waals surface area contributed by atoms with Gasteiger partial charge in [-0.1, -0.05) is 31.2 Å². The van der Waals surface area contributed by atoms with Crippen molar-refractivity contribution in [3.05, 3.63) is 46.5 Å². The minimum Gasteiger partial charge on any atom is -0.375 e. The predicted molar refractivity (Wildman–Crippen MR) is 70.4 cm³/mol. The van der Waals surface area contributed by atoms with E-state index in [1.54, 1.807) is 0 Å². The molecule has 0 amide bonds. The molecule has 0 aliphatic rings. The highest BCUT2D eigenvalue weighted by atomic mass is 32.1. The maximum Gasteiger partial charge on any atom is 0.180 e. The number of ketones is 1. The number of nitrogen functional groups attached to an aromatic ring is 1. The average molecular weight is 246 g/mol. The zero-order chi connectivity index (χ0) is 12.3. The third kappa shape index (κ3) is 2.91. The molecule has 0 saturated heterocycles. The van der Waals surface area contributed by atoms with Crippen LogP contribution in [0, 0.1) is 0 Å².